The maximum atomic E-state index is 12.1. The predicted octanol–water partition coefficient (Wildman–Crippen LogP) is 2.18. The molecule has 23 heavy (non-hydrogen) atoms. The number of thioether (sulfide) groups is 1. The van der Waals surface area contributed by atoms with Crippen LogP contribution < -0.4 is 14.8 Å². The lowest BCUT2D eigenvalue weighted by molar-refractivity contribution is -0.128. The van der Waals surface area contributed by atoms with Crippen LogP contribution in [0.1, 0.15) is 17.9 Å². The molecular formula is C15H19BrN2O4S. The summed E-state index contributed by atoms with van der Waals surface area (Å²) in [5.41, 5.74) is 0.946. The van der Waals surface area contributed by atoms with Gasteiger partial charge in [-0.1, -0.05) is 15.9 Å². The van der Waals surface area contributed by atoms with E-state index in [1.165, 1.54) is 6.92 Å². The molecule has 0 spiro atoms. The Labute approximate surface area is 148 Å². The largest absolute Gasteiger partial charge is 0.493 e. The first-order valence-corrected chi connectivity index (χ1v) is 8.89. The number of hydrogen-bond acceptors (Lipinski definition) is 5. The summed E-state index contributed by atoms with van der Waals surface area (Å²) in [5.74, 6) is 1.63. The Kier molecular flexibility index (Phi) is 6.17. The summed E-state index contributed by atoms with van der Waals surface area (Å²) in [7, 11) is 3.16. The van der Waals surface area contributed by atoms with Crippen LogP contribution in [-0.2, 0) is 9.59 Å². The van der Waals surface area contributed by atoms with Crippen molar-refractivity contribution in [2.24, 2.45) is 0 Å². The number of rotatable bonds is 6. The van der Waals surface area contributed by atoms with E-state index in [1.807, 2.05) is 12.1 Å². The van der Waals surface area contributed by atoms with Crippen LogP contribution in [0.25, 0.3) is 0 Å². The fourth-order valence-electron chi connectivity index (χ4n) is 2.37. The van der Waals surface area contributed by atoms with E-state index in [0.29, 0.717) is 30.3 Å². The molecule has 1 N–H and O–H groups in total. The molecule has 1 aromatic rings. The quantitative estimate of drug-likeness (QED) is 0.789. The maximum absolute atomic E-state index is 12.1. The smallest absolute Gasteiger partial charge is 0.233 e. The number of nitrogens with one attached hydrogen (secondary N) is 1. The highest BCUT2D eigenvalue weighted by Crippen LogP contribution is 2.44. The van der Waals surface area contributed by atoms with Gasteiger partial charge in [0.05, 0.1) is 20.0 Å². The van der Waals surface area contributed by atoms with E-state index < -0.39 is 0 Å². The summed E-state index contributed by atoms with van der Waals surface area (Å²) >= 11 is 5.10. The van der Waals surface area contributed by atoms with Crippen molar-refractivity contribution in [2.45, 2.75) is 12.3 Å². The minimum atomic E-state index is -0.120. The molecule has 8 heteroatoms. The van der Waals surface area contributed by atoms with E-state index in [2.05, 4.69) is 21.2 Å². The van der Waals surface area contributed by atoms with Crippen LogP contribution in [0.3, 0.4) is 0 Å². The van der Waals surface area contributed by atoms with Crippen molar-refractivity contribution in [3.05, 3.63) is 22.2 Å². The van der Waals surface area contributed by atoms with E-state index in [1.54, 1.807) is 30.9 Å². The second-order valence-corrected chi connectivity index (χ2v) is 6.89. The Bertz CT molecular complexity index is 611. The molecule has 1 heterocycles. The maximum Gasteiger partial charge on any atom is 0.233 e. The first-order chi connectivity index (χ1) is 11.0. The van der Waals surface area contributed by atoms with E-state index >= 15 is 0 Å². The van der Waals surface area contributed by atoms with E-state index in [0.717, 1.165) is 10.0 Å². The Morgan fingerprint density at radius 1 is 1.39 bits per heavy atom. The van der Waals surface area contributed by atoms with Crippen LogP contribution in [0.4, 0.5) is 0 Å². The van der Waals surface area contributed by atoms with Gasteiger partial charge >= 0.3 is 0 Å². The molecule has 1 aromatic carbocycles. The van der Waals surface area contributed by atoms with Crippen molar-refractivity contribution < 1.29 is 19.1 Å². The molecule has 1 saturated heterocycles. The first kappa shape index (κ1) is 17.9. The third-order valence-electron chi connectivity index (χ3n) is 3.46. The fourth-order valence-corrected chi connectivity index (χ4v) is 4.30. The summed E-state index contributed by atoms with van der Waals surface area (Å²) in [6.45, 7) is 2.36. The summed E-state index contributed by atoms with van der Waals surface area (Å²) in [6.07, 6.45) is 0. The number of halogens is 1. The summed E-state index contributed by atoms with van der Waals surface area (Å²) in [4.78, 5) is 24.9. The molecule has 0 bridgehead atoms. The Morgan fingerprint density at radius 2 is 2.04 bits per heavy atom. The van der Waals surface area contributed by atoms with E-state index in [-0.39, 0.29) is 17.2 Å². The monoisotopic (exact) mass is 402 g/mol. The second-order valence-electron chi connectivity index (χ2n) is 4.96. The molecule has 1 aliphatic heterocycles. The van der Waals surface area contributed by atoms with Gasteiger partial charge in [0.2, 0.25) is 11.8 Å². The molecule has 126 valence electrons. The zero-order valence-corrected chi connectivity index (χ0v) is 15.6. The van der Waals surface area contributed by atoms with Crippen LogP contribution in [-0.4, -0.2) is 49.8 Å². The fraction of sp³-hybridized carbons (Fsp3) is 0.467. The summed E-state index contributed by atoms with van der Waals surface area (Å²) in [6, 6.07) is 3.72. The molecule has 1 aliphatic rings. The van der Waals surface area contributed by atoms with E-state index in [4.69, 9.17) is 9.47 Å². The number of nitrogens with zero attached hydrogens (tertiary/aromatic N) is 1. The summed E-state index contributed by atoms with van der Waals surface area (Å²) < 4.78 is 11.5. The molecule has 1 fully saturated rings. The lowest BCUT2D eigenvalue weighted by atomic mass is 10.1. The lowest BCUT2D eigenvalue weighted by Gasteiger charge is -2.25. The van der Waals surface area contributed by atoms with Crippen LogP contribution in [0.2, 0.25) is 0 Å². The number of ether oxygens (including phenoxy) is 2. The van der Waals surface area contributed by atoms with E-state index in [9.17, 15) is 9.59 Å². The highest BCUT2D eigenvalue weighted by atomic mass is 79.9. The van der Waals surface area contributed by atoms with Gasteiger partial charge < -0.3 is 19.7 Å². The topological polar surface area (TPSA) is 67.9 Å². The van der Waals surface area contributed by atoms with Gasteiger partial charge in [-0.25, -0.2) is 0 Å². The van der Waals surface area contributed by atoms with Gasteiger partial charge in [0.1, 0.15) is 5.37 Å². The van der Waals surface area contributed by atoms with Crippen LogP contribution in [0, 0.1) is 0 Å². The number of carbonyl (C=O) groups is 2. The molecule has 0 radical (unpaired) electrons. The Balaban J connectivity index is 2.24. The molecule has 1 atom stereocenters. The average Bonchev–Trinajstić information content (AvgIpc) is 2.87. The first-order valence-electron chi connectivity index (χ1n) is 7.04. The molecule has 2 rings (SSSR count). The Morgan fingerprint density at radius 3 is 2.65 bits per heavy atom. The van der Waals surface area contributed by atoms with Gasteiger partial charge in [-0.15, -0.1) is 11.8 Å². The molecule has 0 aliphatic carbocycles. The molecule has 1 unspecified atom stereocenters. The molecule has 6 nitrogen and oxygen atoms in total. The van der Waals surface area contributed by atoms with Crippen molar-refractivity contribution >= 4 is 39.5 Å². The van der Waals surface area contributed by atoms with Gasteiger partial charge in [0.15, 0.2) is 11.5 Å². The predicted molar refractivity (Wildman–Crippen MR) is 92.8 cm³/mol. The number of methoxy groups -OCH3 is 2. The minimum Gasteiger partial charge on any atom is -0.493 e. The number of carbonyl (C=O) groups excluding carboxylic acids is 2. The molecule has 2 amide bonds. The van der Waals surface area contributed by atoms with Crippen molar-refractivity contribution in [1.82, 2.24) is 10.2 Å². The SMILES string of the molecule is COc1cc(Br)c(C2SCC(=O)N2CCNC(C)=O)cc1OC. The van der Waals surface area contributed by atoms with Crippen molar-refractivity contribution in [1.29, 1.82) is 0 Å². The second kappa shape index (κ2) is 7.92. The third-order valence-corrected chi connectivity index (χ3v) is 5.39. The third kappa shape index (κ3) is 4.11. The van der Waals surface area contributed by atoms with Gasteiger partial charge in [-0.3, -0.25) is 9.59 Å². The standard InChI is InChI=1S/C15H19BrN2O4S/c1-9(19)17-4-5-18-14(20)8-23-15(18)10-6-12(21-2)13(22-3)7-11(10)16/h6-7,15H,4-5,8H2,1-3H3,(H,17,19). The highest BCUT2D eigenvalue weighted by molar-refractivity contribution is 9.10. The normalized spacial score (nSPS) is 17.3. The van der Waals surface area contributed by atoms with Gasteiger partial charge in [0, 0.05) is 30.0 Å². The van der Waals surface area contributed by atoms with Crippen LogP contribution in [0.15, 0.2) is 16.6 Å². The number of amides is 2. The number of hydrogen-bond donors (Lipinski definition) is 1. The van der Waals surface area contributed by atoms with Gasteiger partial charge in [0.25, 0.3) is 0 Å². The van der Waals surface area contributed by atoms with Crippen molar-refractivity contribution in [3.8, 4) is 11.5 Å². The van der Waals surface area contributed by atoms with Crippen molar-refractivity contribution in [2.75, 3.05) is 33.1 Å². The highest BCUT2D eigenvalue weighted by Gasteiger charge is 2.34. The van der Waals surface area contributed by atoms with Crippen LogP contribution >= 0.6 is 27.7 Å². The zero-order chi connectivity index (χ0) is 17.0. The zero-order valence-electron chi connectivity index (χ0n) is 13.2. The average molecular weight is 403 g/mol. The number of benzene rings is 1. The molecule has 0 aromatic heterocycles. The molecule has 0 saturated carbocycles. The Hall–Kier alpha value is -1.41. The van der Waals surface area contributed by atoms with Crippen molar-refractivity contribution in [3.63, 3.8) is 0 Å². The van der Waals surface area contributed by atoms with Gasteiger partial charge in [-0.05, 0) is 12.1 Å². The lowest BCUT2D eigenvalue weighted by Crippen LogP contribution is -2.36. The van der Waals surface area contributed by atoms with Crippen LogP contribution in [0.5, 0.6) is 11.5 Å². The minimum absolute atomic E-state index is 0.0621. The summed E-state index contributed by atoms with van der Waals surface area (Å²) in [5, 5.41) is 2.60. The van der Waals surface area contributed by atoms with Gasteiger partial charge in [-0.2, -0.15) is 0 Å². The molecular weight excluding hydrogens is 384 g/mol.